The largest absolute Gasteiger partial charge is 0.264 e. The summed E-state index contributed by atoms with van der Waals surface area (Å²) in [6.45, 7) is 6.73. The van der Waals surface area contributed by atoms with Crippen LogP contribution in [0.15, 0.2) is 36.7 Å². The smallest absolute Gasteiger partial charge is 0.0349 e. The van der Waals surface area contributed by atoms with Crippen molar-refractivity contribution >= 4 is 0 Å². The van der Waals surface area contributed by atoms with E-state index in [1.165, 1.54) is 27.8 Å². The molecule has 16 heavy (non-hydrogen) atoms. The van der Waals surface area contributed by atoms with Gasteiger partial charge in [-0.2, -0.15) is 0 Å². The Morgan fingerprint density at radius 2 is 1.81 bits per heavy atom. The minimum absolute atomic E-state index is 0.111. The molecule has 1 aliphatic rings. The van der Waals surface area contributed by atoms with E-state index >= 15 is 0 Å². The second-order valence-corrected chi connectivity index (χ2v) is 5.10. The van der Waals surface area contributed by atoms with Gasteiger partial charge in [0, 0.05) is 23.4 Å². The average molecular weight is 209 g/mol. The molecular formula is C15H15N. The van der Waals surface area contributed by atoms with Crippen LogP contribution in [0.4, 0.5) is 0 Å². The van der Waals surface area contributed by atoms with Crippen LogP contribution in [0.25, 0.3) is 11.1 Å². The van der Waals surface area contributed by atoms with Crippen LogP contribution in [0, 0.1) is 6.92 Å². The van der Waals surface area contributed by atoms with Gasteiger partial charge in [-0.15, -0.1) is 0 Å². The molecule has 0 saturated carbocycles. The maximum atomic E-state index is 4.24. The second-order valence-electron chi connectivity index (χ2n) is 5.10. The van der Waals surface area contributed by atoms with Crippen molar-refractivity contribution in [2.75, 3.05) is 0 Å². The molecule has 1 heteroatoms. The minimum Gasteiger partial charge on any atom is -0.264 e. The first-order chi connectivity index (χ1) is 7.60. The summed E-state index contributed by atoms with van der Waals surface area (Å²) in [5.41, 5.74) is 6.90. The summed E-state index contributed by atoms with van der Waals surface area (Å²) >= 11 is 0. The highest BCUT2D eigenvalue weighted by atomic mass is 14.6. The Kier molecular flexibility index (Phi) is 1.76. The third-order valence-corrected chi connectivity index (χ3v) is 3.63. The van der Waals surface area contributed by atoms with E-state index in [4.69, 9.17) is 0 Å². The molecule has 2 aromatic rings. The summed E-state index contributed by atoms with van der Waals surface area (Å²) in [6, 6.07) is 8.84. The van der Waals surface area contributed by atoms with Crippen LogP contribution in [0.1, 0.15) is 30.5 Å². The molecule has 0 N–H and O–H groups in total. The van der Waals surface area contributed by atoms with Crippen molar-refractivity contribution in [2.45, 2.75) is 26.2 Å². The number of pyridine rings is 1. The number of hydrogen-bond acceptors (Lipinski definition) is 1. The molecular weight excluding hydrogens is 194 g/mol. The highest BCUT2D eigenvalue weighted by Gasteiger charge is 2.35. The van der Waals surface area contributed by atoms with Crippen molar-refractivity contribution in [1.29, 1.82) is 0 Å². The molecule has 0 radical (unpaired) electrons. The third-order valence-electron chi connectivity index (χ3n) is 3.63. The van der Waals surface area contributed by atoms with Gasteiger partial charge in [0.05, 0.1) is 0 Å². The van der Waals surface area contributed by atoms with E-state index in [-0.39, 0.29) is 5.41 Å². The summed E-state index contributed by atoms with van der Waals surface area (Å²) in [4.78, 5) is 4.24. The van der Waals surface area contributed by atoms with Crippen LogP contribution in [0.3, 0.4) is 0 Å². The summed E-state index contributed by atoms with van der Waals surface area (Å²) < 4.78 is 0. The van der Waals surface area contributed by atoms with Crippen LogP contribution in [-0.2, 0) is 5.41 Å². The normalized spacial score (nSPS) is 15.7. The zero-order valence-electron chi connectivity index (χ0n) is 9.91. The second kappa shape index (κ2) is 2.94. The Morgan fingerprint density at radius 3 is 2.62 bits per heavy atom. The Bertz CT molecular complexity index is 567. The fraction of sp³-hybridized carbons (Fsp3) is 0.267. The topological polar surface area (TPSA) is 12.9 Å². The minimum atomic E-state index is 0.111. The molecule has 0 amide bonds. The van der Waals surface area contributed by atoms with Gasteiger partial charge in [0.1, 0.15) is 0 Å². The van der Waals surface area contributed by atoms with Gasteiger partial charge < -0.3 is 0 Å². The summed E-state index contributed by atoms with van der Waals surface area (Å²) in [6.07, 6.45) is 3.87. The van der Waals surface area contributed by atoms with Gasteiger partial charge >= 0.3 is 0 Å². The molecule has 1 aromatic heterocycles. The third kappa shape index (κ3) is 1.09. The highest BCUT2D eigenvalue weighted by molar-refractivity contribution is 5.80. The molecule has 0 bridgehead atoms. The van der Waals surface area contributed by atoms with Crippen LogP contribution < -0.4 is 0 Å². The lowest BCUT2D eigenvalue weighted by atomic mass is 9.82. The maximum absolute atomic E-state index is 4.24. The zero-order chi connectivity index (χ0) is 11.3. The molecule has 1 aromatic carbocycles. The van der Waals surface area contributed by atoms with Crippen LogP contribution in [0.2, 0.25) is 0 Å². The molecule has 3 rings (SSSR count). The van der Waals surface area contributed by atoms with Gasteiger partial charge in [-0.1, -0.05) is 37.6 Å². The van der Waals surface area contributed by atoms with Crippen molar-refractivity contribution in [3.8, 4) is 11.1 Å². The van der Waals surface area contributed by atoms with Gasteiger partial charge in [-0.3, -0.25) is 4.98 Å². The Balaban J connectivity index is 2.39. The van der Waals surface area contributed by atoms with Crippen LogP contribution in [0.5, 0.6) is 0 Å². The van der Waals surface area contributed by atoms with Crippen molar-refractivity contribution in [2.24, 2.45) is 0 Å². The molecule has 0 atom stereocenters. The lowest BCUT2D eigenvalue weighted by molar-refractivity contribution is 0.659. The van der Waals surface area contributed by atoms with E-state index in [2.05, 4.69) is 50.0 Å². The zero-order valence-corrected chi connectivity index (χ0v) is 9.91. The summed E-state index contributed by atoms with van der Waals surface area (Å²) in [7, 11) is 0. The molecule has 0 aliphatic heterocycles. The van der Waals surface area contributed by atoms with E-state index in [9.17, 15) is 0 Å². The maximum Gasteiger partial charge on any atom is 0.0349 e. The predicted octanol–water partition coefficient (Wildman–Crippen LogP) is 3.70. The van der Waals surface area contributed by atoms with Crippen molar-refractivity contribution in [3.05, 3.63) is 53.3 Å². The molecule has 0 spiro atoms. The number of rotatable bonds is 0. The predicted molar refractivity (Wildman–Crippen MR) is 66.5 cm³/mol. The number of benzene rings is 1. The van der Waals surface area contributed by atoms with E-state index in [1.807, 2.05) is 12.4 Å². The van der Waals surface area contributed by atoms with Gasteiger partial charge in [-0.05, 0) is 29.7 Å². The van der Waals surface area contributed by atoms with E-state index in [1.54, 1.807) is 0 Å². The fourth-order valence-corrected chi connectivity index (χ4v) is 2.71. The van der Waals surface area contributed by atoms with Gasteiger partial charge in [0.2, 0.25) is 0 Å². The number of nitrogens with zero attached hydrogens (tertiary/aromatic N) is 1. The lowest BCUT2D eigenvalue weighted by Gasteiger charge is -2.21. The van der Waals surface area contributed by atoms with E-state index in [0.717, 1.165) is 0 Å². The van der Waals surface area contributed by atoms with Crippen molar-refractivity contribution in [1.82, 2.24) is 4.98 Å². The molecule has 0 saturated heterocycles. The Labute approximate surface area is 96.2 Å². The van der Waals surface area contributed by atoms with Gasteiger partial charge in [-0.25, -0.2) is 0 Å². The van der Waals surface area contributed by atoms with Gasteiger partial charge in [0.15, 0.2) is 0 Å². The monoisotopic (exact) mass is 209 g/mol. The summed E-state index contributed by atoms with van der Waals surface area (Å²) in [5.74, 6) is 0. The lowest BCUT2D eigenvalue weighted by Crippen LogP contribution is -2.15. The summed E-state index contributed by atoms with van der Waals surface area (Å²) in [5, 5.41) is 0. The van der Waals surface area contributed by atoms with Crippen molar-refractivity contribution in [3.63, 3.8) is 0 Å². The number of aromatic nitrogens is 1. The van der Waals surface area contributed by atoms with Crippen LogP contribution in [-0.4, -0.2) is 4.98 Å². The SMILES string of the molecule is Cc1ccc2c(c1)C(C)(C)c1ccncc1-2. The number of fused-ring (bicyclic) bond motifs is 3. The standard InChI is InChI=1S/C15H15N/c1-10-4-5-11-12-9-16-7-6-13(12)15(2,3)14(11)8-10/h4-9H,1-3H3. The first-order valence-corrected chi connectivity index (χ1v) is 5.67. The quantitative estimate of drug-likeness (QED) is 0.644. The number of hydrogen-bond donors (Lipinski definition) is 0. The Morgan fingerprint density at radius 1 is 1.00 bits per heavy atom. The molecule has 0 fully saturated rings. The molecule has 80 valence electrons. The first-order valence-electron chi connectivity index (χ1n) is 5.67. The van der Waals surface area contributed by atoms with E-state index < -0.39 is 0 Å². The Hall–Kier alpha value is -1.63. The number of aryl methyl sites for hydroxylation is 1. The molecule has 1 nitrogen and oxygen atoms in total. The highest BCUT2D eigenvalue weighted by Crippen LogP contribution is 2.48. The molecule has 0 unspecified atom stereocenters. The van der Waals surface area contributed by atoms with E-state index in [0.29, 0.717) is 0 Å². The molecule has 1 aliphatic carbocycles. The van der Waals surface area contributed by atoms with Crippen LogP contribution >= 0.6 is 0 Å². The molecule has 1 heterocycles. The van der Waals surface area contributed by atoms with Crippen molar-refractivity contribution < 1.29 is 0 Å². The first kappa shape index (κ1) is 9.59. The van der Waals surface area contributed by atoms with Gasteiger partial charge in [0.25, 0.3) is 0 Å². The average Bonchev–Trinajstić information content (AvgIpc) is 2.49. The fourth-order valence-electron chi connectivity index (χ4n) is 2.71.